The van der Waals surface area contributed by atoms with Crippen LogP contribution in [0.15, 0.2) is 28.6 Å². The van der Waals surface area contributed by atoms with Gasteiger partial charge >= 0.3 is 0 Å². The fourth-order valence-corrected chi connectivity index (χ4v) is 2.92. The van der Waals surface area contributed by atoms with Gasteiger partial charge in [-0.3, -0.25) is 4.98 Å². The maximum atomic E-state index is 4.63. The van der Waals surface area contributed by atoms with Gasteiger partial charge < -0.3 is 10.6 Å². The summed E-state index contributed by atoms with van der Waals surface area (Å²) in [6.45, 7) is 10.4. The average Bonchev–Trinajstić information content (AvgIpc) is 2.99. The molecule has 0 unspecified atom stereocenters. The summed E-state index contributed by atoms with van der Waals surface area (Å²) in [5.74, 6) is 1.26. The van der Waals surface area contributed by atoms with Crippen molar-refractivity contribution in [1.29, 1.82) is 0 Å². The molecule has 0 saturated heterocycles. The lowest BCUT2D eigenvalue weighted by Gasteiger charge is -2.10. The number of hydrogen-bond donors (Lipinski definition) is 2. The number of guanidine groups is 1. The second-order valence-corrected chi connectivity index (χ2v) is 6.58. The van der Waals surface area contributed by atoms with Gasteiger partial charge in [-0.2, -0.15) is 0 Å². The van der Waals surface area contributed by atoms with E-state index in [4.69, 9.17) is 0 Å². The van der Waals surface area contributed by atoms with Crippen LogP contribution in [0.3, 0.4) is 0 Å². The third-order valence-corrected chi connectivity index (χ3v) is 4.12. The lowest BCUT2D eigenvalue weighted by atomic mass is 10.2. The largest absolute Gasteiger partial charge is 0.357 e. The maximum absolute atomic E-state index is 4.63. The lowest BCUT2D eigenvalue weighted by molar-refractivity contribution is 0.786. The van der Waals surface area contributed by atoms with Crippen molar-refractivity contribution >= 4 is 17.3 Å². The Morgan fingerprint density at radius 3 is 2.74 bits per heavy atom. The average molecular weight is 331 g/mol. The molecule has 5 nitrogen and oxygen atoms in total. The van der Waals surface area contributed by atoms with Gasteiger partial charge in [0.2, 0.25) is 0 Å². The van der Waals surface area contributed by atoms with Gasteiger partial charge in [0, 0.05) is 17.6 Å². The van der Waals surface area contributed by atoms with E-state index in [1.165, 1.54) is 0 Å². The standard InChI is InChI=1S/C17H25N5S/c1-5-18-17(19-9-14-8-6-7-13(4)21-14)20-10-16-22-15(11-23-16)12(2)3/h6-8,11-12H,5,9-10H2,1-4H3,(H2,18,19,20). The zero-order valence-electron chi connectivity index (χ0n) is 14.3. The van der Waals surface area contributed by atoms with E-state index in [1.54, 1.807) is 11.3 Å². The molecule has 0 aliphatic carbocycles. The van der Waals surface area contributed by atoms with Crippen molar-refractivity contribution in [2.24, 2.45) is 4.99 Å². The van der Waals surface area contributed by atoms with Crippen LogP contribution in [-0.2, 0) is 13.1 Å². The van der Waals surface area contributed by atoms with Crippen molar-refractivity contribution in [2.45, 2.75) is 46.7 Å². The Kier molecular flexibility index (Phi) is 6.52. The minimum atomic E-state index is 0.467. The highest BCUT2D eigenvalue weighted by atomic mass is 32.1. The highest BCUT2D eigenvalue weighted by Gasteiger charge is 2.06. The number of aryl methyl sites for hydroxylation is 1. The Bertz CT molecular complexity index is 648. The molecule has 0 aromatic carbocycles. The molecule has 0 fully saturated rings. The van der Waals surface area contributed by atoms with E-state index in [9.17, 15) is 0 Å². The summed E-state index contributed by atoms with van der Waals surface area (Å²) in [4.78, 5) is 13.7. The van der Waals surface area contributed by atoms with Crippen molar-refractivity contribution in [3.8, 4) is 0 Å². The number of pyridine rings is 1. The van der Waals surface area contributed by atoms with Crippen molar-refractivity contribution in [3.05, 3.63) is 45.7 Å². The van der Waals surface area contributed by atoms with E-state index in [0.29, 0.717) is 19.0 Å². The number of aromatic nitrogens is 2. The van der Waals surface area contributed by atoms with Crippen molar-refractivity contribution in [2.75, 3.05) is 6.54 Å². The summed E-state index contributed by atoms with van der Waals surface area (Å²) in [7, 11) is 0. The van der Waals surface area contributed by atoms with Crippen LogP contribution < -0.4 is 10.6 Å². The molecule has 2 rings (SSSR count). The molecular formula is C17H25N5S. The van der Waals surface area contributed by atoms with Crippen LogP contribution in [0.4, 0.5) is 0 Å². The molecule has 0 bridgehead atoms. The van der Waals surface area contributed by atoms with E-state index in [0.717, 1.165) is 34.6 Å². The first-order valence-electron chi connectivity index (χ1n) is 7.97. The highest BCUT2D eigenvalue weighted by Crippen LogP contribution is 2.17. The second-order valence-electron chi connectivity index (χ2n) is 5.64. The number of rotatable bonds is 6. The zero-order valence-corrected chi connectivity index (χ0v) is 15.1. The number of thiazole rings is 1. The van der Waals surface area contributed by atoms with Gasteiger partial charge in [-0.15, -0.1) is 11.3 Å². The van der Waals surface area contributed by atoms with Crippen LogP contribution in [0.5, 0.6) is 0 Å². The van der Waals surface area contributed by atoms with Crippen LogP contribution in [-0.4, -0.2) is 22.5 Å². The summed E-state index contributed by atoms with van der Waals surface area (Å²) in [6.07, 6.45) is 0. The third kappa shape index (κ3) is 5.63. The molecular weight excluding hydrogens is 306 g/mol. The molecule has 124 valence electrons. The smallest absolute Gasteiger partial charge is 0.191 e. The van der Waals surface area contributed by atoms with Gasteiger partial charge in [-0.25, -0.2) is 9.98 Å². The Morgan fingerprint density at radius 2 is 2.09 bits per heavy atom. The lowest BCUT2D eigenvalue weighted by Crippen LogP contribution is -2.36. The van der Waals surface area contributed by atoms with Crippen LogP contribution in [0.2, 0.25) is 0 Å². The molecule has 0 aliphatic rings. The van der Waals surface area contributed by atoms with Gasteiger partial charge in [0.1, 0.15) is 5.01 Å². The molecule has 6 heteroatoms. The Hall–Kier alpha value is -1.95. The molecule has 0 spiro atoms. The van der Waals surface area contributed by atoms with Crippen LogP contribution >= 0.6 is 11.3 Å². The molecule has 0 saturated carbocycles. The first-order chi connectivity index (χ1) is 11.1. The Labute approximate surface area is 142 Å². The van der Waals surface area contributed by atoms with Crippen LogP contribution in [0.25, 0.3) is 0 Å². The predicted molar refractivity (Wildman–Crippen MR) is 96.8 cm³/mol. The molecule has 0 aliphatic heterocycles. The minimum Gasteiger partial charge on any atom is -0.357 e. The Balaban J connectivity index is 1.95. The first kappa shape index (κ1) is 17.4. The molecule has 0 radical (unpaired) electrons. The van der Waals surface area contributed by atoms with Crippen molar-refractivity contribution in [3.63, 3.8) is 0 Å². The van der Waals surface area contributed by atoms with E-state index in [1.807, 2.05) is 25.1 Å². The van der Waals surface area contributed by atoms with E-state index < -0.39 is 0 Å². The SMILES string of the molecule is CCNC(=NCc1cccc(C)n1)NCc1nc(C(C)C)cs1. The van der Waals surface area contributed by atoms with Gasteiger partial charge in [-0.1, -0.05) is 19.9 Å². The van der Waals surface area contributed by atoms with Crippen molar-refractivity contribution < 1.29 is 0 Å². The summed E-state index contributed by atoms with van der Waals surface area (Å²) < 4.78 is 0. The van der Waals surface area contributed by atoms with E-state index >= 15 is 0 Å². The minimum absolute atomic E-state index is 0.467. The third-order valence-electron chi connectivity index (χ3n) is 3.26. The number of nitrogens with zero attached hydrogens (tertiary/aromatic N) is 3. The monoisotopic (exact) mass is 331 g/mol. The number of hydrogen-bond acceptors (Lipinski definition) is 4. The summed E-state index contributed by atoms with van der Waals surface area (Å²) in [6, 6.07) is 6.00. The predicted octanol–water partition coefficient (Wildman–Crippen LogP) is 3.23. The summed E-state index contributed by atoms with van der Waals surface area (Å²) >= 11 is 1.69. The van der Waals surface area contributed by atoms with Crippen molar-refractivity contribution in [1.82, 2.24) is 20.6 Å². The van der Waals surface area contributed by atoms with Gasteiger partial charge in [0.25, 0.3) is 0 Å². The molecule has 2 N–H and O–H groups in total. The van der Waals surface area contributed by atoms with Crippen LogP contribution in [0.1, 0.15) is 48.8 Å². The number of nitrogens with one attached hydrogen (secondary N) is 2. The van der Waals surface area contributed by atoms with E-state index in [2.05, 4.69) is 51.7 Å². The normalized spacial score (nSPS) is 11.8. The molecule has 0 amide bonds. The second kappa shape index (κ2) is 8.62. The summed E-state index contributed by atoms with van der Waals surface area (Å²) in [5.41, 5.74) is 3.14. The molecule has 23 heavy (non-hydrogen) atoms. The molecule has 2 heterocycles. The molecule has 0 atom stereocenters. The summed E-state index contributed by atoms with van der Waals surface area (Å²) in [5, 5.41) is 9.79. The van der Waals surface area contributed by atoms with Crippen LogP contribution in [0, 0.1) is 6.92 Å². The zero-order chi connectivity index (χ0) is 16.7. The van der Waals surface area contributed by atoms with E-state index in [-0.39, 0.29) is 0 Å². The fraction of sp³-hybridized carbons (Fsp3) is 0.471. The van der Waals surface area contributed by atoms with Gasteiger partial charge in [0.05, 0.1) is 24.5 Å². The fourth-order valence-electron chi connectivity index (χ4n) is 2.02. The number of aliphatic imine (C=N–C) groups is 1. The molecule has 2 aromatic heterocycles. The van der Waals surface area contributed by atoms with Gasteiger partial charge in [-0.05, 0) is 31.9 Å². The Morgan fingerprint density at radius 1 is 1.26 bits per heavy atom. The quantitative estimate of drug-likeness (QED) is 0.630. The highest BCUT2D eigenvalue weighted by molar-refractivity contribution is 7.09. The van der Waals surface area contributed by atoms with Gasteiger partial charge in [0.15, 0.2) is 5.96 Å². The topological polar surface area (TPSA) is 62.2 Å². The first-order valence-corrected chi connectivity index (χ1v) is 8.85. The maximum Gasteiger partial charge on any atom is 0.191 e. The molecule has 2 aromatic rings.